The fourth-order valence-corrected chi connectivity index (χ4v) is 2.05. The number of methoxy groups -OCH3 is 1. The van der Waals surface area contributed by atoms with Crippen molar-refractivity contribution in [2.45, 2.75) is 31.2 Å². The molecule has 0 aliphatic carbocycles. The molecule has 1 saturated heterocycles. The Morgan fingerprint density at radius 1 is 1.33 bits per heavy atom. The van der Waals surface area contributed by atoms with Crippen molar-refractivity contribution in [3.8, 4) is 0 Å². The van der Waals surface area contributed by atoms with E-state index in [0.717, 1.165) is 32.4 Å². The van der Waals surface area contributed by atoms with Crippen molar-refractivity contribution in [1.29, 1.82) is 0 Å². The van der Waals surface area contributed by atoms with Crippen LogP contribution in [-0.2, 0) is 9.47 Å². The van der Waals surface area contributed by atoms with Crippen LogP contribution in [0.15, 0.2) is 0 Å². The molecule has 1 unspecified atom stereocenters. The molecule has 15 heavy (non-hydrogen) atoms. The first-order valence-electron chi connectivity index (χ1n) is 5.75. The average molecular weight is 217 g/mol. The number of hydrogen-bond acceptors (Lipinski definition) is 4. The minimum atomic E-state index is -0.0232. The molecule has 0 radical (unpaired) electrons. The van der Waals surface area contributed by atoms with Crippen molar-refractivity contribution >= 4 is 0 Å². The van der Waals surface area contributed by atoms with Gasteiger partial charge in [-0.1, -0.05) is 0 Å². The van der Waals surface area contributed by atoms with Crippen LogP contribution in [0.25, 0.3) is 0 Å². The summed E-state index contributed by atoms with van der Waals surface area (Å²) >= 11 is 0. The molecule has 1 fully saturated rings. The largest absolute Gasteiger partial charge is 0.394 e. The molecule has 0 saturated carbocycles. The van der Waals surface area contributed by atoms with Gasteiger partial charge >= 0.3 is 0 Å². The molecule has 0 amide bonds. The molecular formula is C11H23NO3. The Morgan fingerprint density at radius 3 is 2.80 bits per heavy atom. The first-order valence-corrected chi connectivity index (χ1v) is 5.75. The molecule has 1 heterocycles. The van der Waals surface area contributed by atoms with E-state index in [1.807, 2.05) is 0 Å². The van der Waals surface area contributed by atoms with E-state index in [4.69, 9.17) is 9.47 Å². The van der Waals surface area contributed by atoms with Crippen LogP contribution in [-0.4, -0.2) is 50.7 Å². The maximum atomic E-state index is 9.33. The van der Waals surface area contributed by atoms with Gasteiger partial charge in [-0.3, -0.25) is 0 Å². The van der Waals surface area contributed by atoms with Crippen LogP contribution in [0, 0.1) is 0 Å². The van der Waals surface area contributed by atoms with Crippen LogP contribution in [0.5, 0.6) is 0 Å². The Kier molecular flexibility index (Phi) is 6.17. The van der Waals surface area contributed by atoms with Crippen LogP contribution in [0.3, 0.4) is 0 Å². The van der Waals surface area contributed by atoms with Gasteiger partial charge in [-0.15, -0.1) is 0 Å². The molecule has 0 bridgehead atoms. The summed E-state index contributed by atoms with van der Waals surface area (Å²) in [5, 5.41) is 12.7. The predicted molar refractivity (Wildman–Crippen MR) is 59.0 cm³/mol. The van der Waals surface area contributed by atoms with Gasteiger partial charge in [-0.25, -0.2) is 0 Å². The topological polar surface area (TPSA) is 50.7 Å². The fourth-order valence-electron chi connectivity index (χ4n) is 2.05. The maximum absolute atomic E-state index is 9.33. The minimum absolute atomic E-state index is 0.0232. The van der Waals surface area contributed by atoms with Crippen LogP contribution in [0.1, 0.15) is 25.7 Å². The van der Waals surface area contributed by atoms with Gasteiger partial charge in [0.25, 0.3) is 0 Å². The highest BCUT2D eigenvalue weighted by Gasteiger charge is 2.31. The number of hydrogen-bond donors (Lipinski definition) is 2. The fraction of sp³-hybridized carbons (Fsp3) is 1.00. The Bertz CT molecular complexity index is 158. The third-order valence-corrected chi connectivity index (χ3v) is 3.01. The molecule has 0 aromatic carbocycles. The SMILES string of the molecule is COCCOCCCC1(CO)CCCN1. The first-order chi connectivity index (χ1) is 7.33. The third-order valence-electron chi connectivity index (χ3n) is 3.01. The van der Waals surface area contributed by atoms with Gasteiger partial charge in [-0.2, -0.15) is 0 Å². The number of nitrogens with one attached hydrogen (secondary N) is 1. The molecule has 90 valence electrons. The molecular weight excluding hydrogens is 194 g/mol. The predicted octanol–water partition coefficient (Wildman–Crippen LogP) is 0.544. The highest BCUT2D eigenvalue weighted by Crippen LogP contribution is 2.23. The highest BCUT2D eigenvalue weighted by molar-refractivity contribution is 4.92. The van der Waals surface area contributed by atoms with E-state index in [0.29, 0.717) is 13.2 Å². The zero-order chi connectivity index (χ0) is 11.0. The molecule has 1 atom stereocenters. The van der Waals surface area contributed by atoms with Gasteiger partial charge in [0.1, 0.15) is 0 Å². The summed E-state index contributed by atoms with van der Waals surface area (Å²) in [6.45, 7) is 3.35. The van der Waals surface area contributed by atoms with Crippen LogP contribution in [0.2, 0.25) is 0 Å². The minimum Gasteiger partial charge on any atom is -0.394 e. The number of ether oxygens (including phenoxy) is 2. The summed E-state index contributed by atoms with van der Waals surface area (Å²) in [6.07, 6.45) is 4.25. The lowest BCUT2D eigenvalue weighted by Crippen LogP contribution is -2.43. The van der Waals surface area contributed by atoms with Crippen LogP contribution in [0.4, 0.5) is 0 Å². The lowest BCUT2D eigenvalue weighted by molar-refractivity contribution is 0.0629. The Balaban J connectivity index is 2.02. The highest BCUT2D eigenvalue weighted by atomic mass is 16.5. The van der Waals surface area contributed by atoms with E-state index in [9.17, 15) is 5.11 Å². The molecule has 4 nitrogen and oxygen atoms in total. The Hall–Kier alpha value is -0.160. The second kappa shape index (κ2) is 7.17. The van der Waals surface area contributed by atoms with E-state index in [1.54, 1.807) is 7.11 Å². The maximum Gasteiger partial charge on any atom is 0.0700 e. The van der Waals surface area contributed by atoms with Crippen molar-refractivity contribution in [2.75, 3.05) is 40.1 Å². The van der Waals surface area contributed by atoms with Gasteiger partial charge in [0.05, 0.1) is 19.8 Å². The van der Waals surface area contributed by atoms with Gasteiger partial charge in [0.2, 0.25) is 0 Å². The monoisotopic (exact) mass is 217 g/mol. The molecule has 2 N–H and O–H groups in total. The summed E-state index contributed by atoms with van der Waals surface area (Å²) in [7, 11) is 1.67. The van der Waals surface area contributed by atoms with Crippen molar-refractivity contribution in [3.05, 3.63) is 0 Å². The van der Waals surface area contributed by atoms with Crippen molar-refractivity contribution in [2.24, 2.45) is 0 Å². The Morgan fingerprint density at radius 2 is 2.20 bits per heavy atom. The van der Waals surface area contributed by atoms with Crippen LogP contribution >= 0.6 is 0 Å². The van der Waals surface area contributed by atoms with Crippen molar-refractivity contribution in [1.82, 2.24) is 5.32 Å². The molecule has 0 aromatic rings. The lowest BCUT2D eigenvalue weighted by atomic mass is 9.93. The normalized spacial score (nSPS) is 26.0. The smallest absolute Gasteiger partial charge is 0.0700 e. The van der Waals surface area contributed by atoms with Gasteiger partial charge in [-0.05, 0) is 32.2 Å². The summed E-state index contributed by atoms with van der Waals surface area (Å²) < 4.78 is 10.3. The standard InChI is InChI=1S/C11H23NO3/c1-14-8-9-15-7-3-5-11(10-13)4-2-6-12-11/h12-13H,2-10H2,1H3. The average Bonchev–Trinajstić information content (AvgIpc) is 2.73. The van der Waals surface area contributed by atoms with E-state index in [1.165, 1.54) is 6.42 Å². The van der Waals surface area contributed by atoms with Crippen LogP contribution < -0.4 is 5.32 Å². The second-order valence-electron chi connectivity index (χ2n) is 4.18. The van der Waals surface area contributed by atoms with Crippen molar-refractivity contribution < 1.29 is 14.6 Å². The van der Waals surface area contributed by atoms with Crippen molar-refractivity contribution in [3.63, 3.8) is 0 Å². The van der Waals surface area contributed by atoms with Gasteiger partial charge in [0, 0.05) is 19.3 Å². The summed E-state index contributed by atoms with van der Waals surface area (Å²) in [5.41, 5.74) is -0.0232. The Labute approximate surface area is 92.0 Å². The number of aliphatic hydroxyl groups excluding tert-OH is 1. The quantitative estimate of drug-likeness (QED) is 0.583. The van der Waals surface area contributed by atoms with E-state index >= 15 is 0 Å². The second-order valence-corrected chi connectivity index (χ2v) is 4.18. The molecule has 1 aliphatic rings. The molecule has 0 spiro atoms. The van der Waals surface area contributed by atoms with E-state index in [2.05, 4.69) is 5.32 Å². The zero-order valence-corrected chi connectivity index (χ0v) is 9.63. The third kappa shape index (κ3) is 4.47. The molecule has 1 aliphatic heterocycles. The first kappa shape index (κ1) is 12.9. The van der Waals surface area contributed by atoms with Gasteiger partial charge < -0.3 is 19.9 Å². The van der Waals surface area contributed by atoms with E-state index < -0.39 is 0 Å². The summed E-state index contributed by atoms with van der Waals surface area (Å²) in [6, 6.07) is 0. The number of rotatable bonds is 8. The number of aliphatic hydroxyl groups is 1. The van der Waals surface area contributed by atoms with E-state index in [-0.39, 0.29) is 12.1 Å². The molecule has 4 heteroatoms. The van der Waals surface area contributed by atoms with Gasteiger partial charge in [0.15, 0.2) is 0 Å². The molecule has 0 aromatic heterocycles. The molecule has 1 rings (SSSR count). The zero-order valence-electron chi connectivity index (χ0n) is 9.63. The lowest BCUT2D eigenvalue weighted by Gasteiger charge is -2.26. The summed E-state index contributed by atoms with van der Waals surface area (Å²) in [4.78, 5) is 0. The summed E-state index contributed by atoms with van der Waals surface area (Å²) in [5.74, 6) is 0.